The lowest BCUT2D eigenvalue weighted by Gasteiger charge is -2.25. The van der Waals surface area contributed by atoms with Crippen molar-refractivity contribution in [2.24, 2.45) is 0 Å². The molecule has 0 amide bonds. The van der Waals surface area contributed by atoms with Crippen LogP contribution in [0.15, 0.2) is 158 Å². The van der Waals surface area contributed by atoms with Crippen LogP contribution in [0.1, 0.15) is 0 Å². The molecule has 0 bridgehead atoms. The Bertz CT molecular complexity index is 1580. The van der Waals surface area contributed by atoms with Crippen LogP contribution >= 0.6 is 14.3 Å². The van der Waals surface area contributed by atoms with Gasteiger partial charge in [-0.15, -0.1) is 0 Å². The monoisotopic (exact) mass is 528 g/mol. The second-order valence-corrected chi connectivity index (χ2v) is 14.7. The minimum Gasteiger partial charge on any atom is -0.309 e. The second-order valence-electron chi connectivity index (χ2n) is 9.21. The van der Waals surface area contributed by atoms with Crippen molar-refractivity contribution in [1.29, 1.82) is 0 Å². The molecule has 0 N–H and O–H groups in total. The Labute approximate surface area is 223 Å². The maximum Gasteiger partial charge on any atom is 0.171 e. The van der Waals surface area contributed by atoms with Gasteiger partial charge in [0, 0.05) is 31.8 Å². The minimum absolute atomic E-state index is 0.752. The van der Waals surface area contributed by atoms with E-state index in [1.54, 1.807) is 0 Å². The van der Waals surface area contributed by atoms with Gasteiger partial charge < -0.3 is 9.13 Å². The average molecular weight is 529 g/mol. The third-order valence-electron chi connectivity index (χ3n) is 7.03. The fourth-order valence-corrected chi connectivity index (χ4v) is 11.0. The summed E-state index contributed by atoms with van der Waals surface area (Å²) in [5.74, 6) is 0. The molecule has 0 saturated carbocycles. The number of benzene rings is 6. The van der Waals surface area contributed by atoms with Crippen LogP contribution in [0, 0.1) is 0 Å². The van der Waals surface area contributed by atoms with Crippen molar-refractivity contribution >= 4 is 56.9 Å². The van der Waals surface area contributed by atoms with Crippen LogP contribution in [0.5, 0.6) is 0 Å². The third-order valence-corrected chi connectivity index (χ3v) is 13.3. The molecule has 6 rings (SSSR count). The lowest BCUT2D eigenvalue weighted by molar-refractivity contribution is 0.591. The van der Waals surface area contributed by atoms with Crippen LogP contribution < -0.4 is 31.8 Å². The van der Waals surface area contributed by atoms with Gasteiger partial charge >= 0.3 is 0 Å². The summed E-state index contributed by atoms with van der Waals surface area (Å²) < 4.78 is 30.5. The molecule has 0 fully saturated rings. The third kappa shape index (κ3) is 3.98. The zero-order valence-corrected chi connectivity index (χ0v) is 22.5. The van der Waals surface area contributed by atoms with Crippen molar-refractivity contribution in [2.45, 2.75) is 0 Å². The molecule has 4 heteroatoms. The van der Waals surface area contributed by atoms with Gasteiger partial charge in [0.25, 0.3) is 0 Å². The molecule has 6 aromatic rings. The number of hydrogen-bond acceptors (Lipinski definition) is 2. The lowest BCUT2D eigenvalue weighted by Crippen LogP contribution is -2.28. The van der Waals surface area contributed by atoms with E-state index in [1.165, 1.54) is 0 Å². The highest BCUT2D eigenvalue weighted by molar-refractivity contribution is 7.86. The van der Waals surface area contributed by atoms with Crippen LogP contribution in [0.3, 0.4) is 0 Å². The molecule has 0 aromatic heterocycles. The molecule has 0 saturated heterocycles. The van der Waals surface area contributed by atoms with Crippen LogP contribution in [0.25, 0.3) is 10.8 Å². The van der Waals surface area contributed by atoms with Gasteiger partial charge in [0.1, 0.15) is 0 Å². The first kappa shape index (κ1) is 24.4. The summed E-state index contributed by atoms with van der Waals surface area (Å²) in [7, 11) is -6.46. The summed E-state index contributed by atoms with van der Waals surface area (Å²) in [5.41, 5.74) is 0. The van der Waals surface area contributed by atoms with E-state index in [4.69, 9.17) is 0 Å². The predicted octanol–water partition coefficient (Wildman–Crippen LogP) is 6.12. The Morgan fingerprint density at radius 1 is 0.289 bits per heavy atom. The van der Waals surface area contributed by atoms with Crippen LogP contribution in [0.4, 0.5) is 0 Å². The minimum atomic E-state index is -3.23. The molecule has 0 heterocycles. The Kier molecular flexibility index (Phi) is 6.46. The molecule has 38 heavy (non-hydrogen) atoms. The quantitative estimate of drug-likeness (QED) is 0.244. The molecular weight excluding hydrogens is 502 g/mol. The fourth-order valence-electron chi connectivity index (χ4n) is 5.23. The topological polar surface area (TPSA) is 34.1 Å². The van der Waals surface area contributed by atoms with Gasteiger partial charge in [0.15, 0.2) is 14.3 Å². The first-order valence-electron chi connectivity index (χ1n) is 12.6. The summed E-state index contributed by atoms with van der Waals surface area (Å²) >= 11 is 0. The highest BCUT2D eigenvalue weighted by Gasteiger charge is 2.34. The second kappa shape index (κ2) is 10.1. The first-order valence-corrected chi connectivity index (χ1v) is 16.0. The van der Waals surface area contributed by atoms with E-state index in [0.29, 0.717) is 0 Å². The van der Waals surface area contributed by atoms with E-state index in [-0.39, 0.29) is 0 Å². The van der Waals surface area contributed by atoms with Crippen LogP contribution in [-0.4, -0.2) is 0 Å². The number of rotatable bonds is 6. The largest absolute Gasteiger partial charge is 0.309 e. The van der Waals surface area contributed by atoms with Crippen LogP contribution in [0.2, 0.25) is 0 Å². The van der Waals surface area contributed by atoms with Gasteiger partial charge in [-0.1, -0.05) is 158 Å². The van der Waals surface area contributed by atoms with E-state index in [2.05, 4.69) is 0 Å². The smallest absolute Gasteiger partial charge is 0.171 e. The molecule has 0 atom stereocenters. The zero-order valence-electron chi connectivity index (χ0n) is 20.7. The molecule has 2 nitrogen and oxygen atoms in total. The van der Waals surface area contributed by atoms with Gasteiger partial charge in [0.05, 0.1) is 0 Å². The standard InChI is InChI=1S/C34H26O2P2/c35-37(27-15-5-1-6-16-27,28-17-7-2-8-18-28)33-25-13-24-32-31(33)23-14-26-34(32)38(36,29-19-9-3-10-20-29)30-21-11-4-12-22-30/h1-26H. The van der Waals surface area contributed by atoms with E-state index in [9.17, 15) is 0 Å². The van der Waals surface area contributed by atoms with Gasteiger partial charge in [-0.25, -0.2) is 0 Å². The summed E-state index contributed by atoms with van der Waals surface area (Å²) in [6.45, 7) is 0. The van der Waals surface area contributed by atoms with Crippen molar-refractivity contribution in [3.63, 3.8) is 0 Å². The fraction of sp³-hybridized carbons (Fsp3) is 0. The van der Waals surface area contributed by atoms with Crippen molar-refractivity contribution in [1.82, 2.24) is 0 Å². The molecule has 184 valence electrons. The zero-order chi connectivity index (χ0) is 26.0. The van der Waals surface area contributed by atoms with Gasteiger partial charge in [0.2, 0.25) is 0 Å². The molecule has 0 aliphatic heterocycles. The number of fused-ring (bicyclic) bond motifs is 1. The van der Waals surface area contributed by atoms with Gasteiger partial charge in [-0.3, -0.25) is 0 Å². The summed E-state index contributed by atoms with van der Waals surface area (Å²) in [5, 5.41) is 6.32. The Balaban J connectivity index is 1.68. The summed E-state index contributed by atoms with van der Waals surface area (Å²) in [6, 6.07) is 50.6. The normalized spacial score (nSPS) is 11.9. The maximum absolute atomic E-state index is 15.3. The molecule has 0 radical (unpaired) electrons. The molecule has 0 spiro atoms. The Morgan fingerprint density at radius 2 is 0.553 bits per heavy atom. The lowest BCUT2D eigenvalue weighted by atomic mass is 10.1. The molecule has 0 aliphatic rings. The highest BCUT2D eigenvalue weighted by Crippen LogP contribution is 2.47. The van der Waals surface area contributed by atoms with Crippen molar-refractivity contribution in [2.75, 3.05) is 0 Å². The van der Waals surface area contributed by atoms with E-state index < -0.39 is 14.3 Å². The summed E-state index contributed by atoms with van der Waals surface area (Å²) in [4.78, 5) is 0. The molecule has 6 aromatic carbocycles. The van der Waals surface area contributed by atoms with Gasteiger partial charge in [-0.2, -0.15) is 0 Å². The SMILES string of the molecule is O=P(c1ccccc1)(c1ccccc1)c1cccc2c(P(=O)(c3ccccc3)c3ccccc3)cccc12. The molecule has 0 aliphatic carbocycles. The van der Waals surface area contributed by atoms with E-state index in [0.717, 1.165) is 42.6 Å². The van der Waals surface area contributed by atoms with E-state index >= 15 is 9.13 Å². The number of hydrogen-bond donors (Lipinski definition) is 0. The maximum atomic E-state index is 15.3. The molecular formula is C34H26O2P2. The van der Waals surface area contributed by atoms with Crippen LogP contribution in [-0.2, 0) is 9.13 Å². The van der Waals surface area contributed by atoms with Crippen molar-refractivity contribution in [3.8, 4) is 0 Å². The predicted molar refractivity (Wildman–Crippen MR) is 163 cm³/mol. The highest BCUT2D eigenvalue weighted by atomic mass is 31.2. The van der Waals surface area contributed by atoms with Crippen molar-refractivity contribution < 1.29 is 9.13 Å². The summed E-state index contributed by atoms with van der Waals surface area (Å²) in [6.07, 6.45) is 0. The first-order chi connectivity index (χ1) is 18.6. The molecule has 0 unspecified atom stereocenters. The van der Waals surface area contributed by atoms with Crippen molar-refractivity contribution in [3.05, 3.63) is 158 Å². The van der Waals surface area contributed by atoms with E-state index in [1.807, 2.05) is 158 Å². The Morgan fingerprint density at radius 3 is 0.816 bits per heavy atom. The Hall–Kier alpha value is -3.96. The van der Waals surface area contributed by atoms with Gasteiger partial charge in [-0.05, 0) is 10.8 Å². The average Bonchev–Trinajstić information content (AvgIpc) is 3.01.